The molecule has 2 aromatic rings. The maximum absolute atomic E-state index is 12.9. The van der Waals surface area contributed by atoms with Crippen LogP contribution in [0.5, 0.6) is 0 Å². The number of carbonyl (C=O) groups is 2. The minimum Gasteiger partial charge on any atom is -0.350 e. The van der Waals surface area contributed by atoms with Gasteiger partial charge >= 0.3 is 0 Å². The summed E-state index contributed by atoms with van der Waals surface area (Å²) in [6.45, 7) is 6.65. The van der Waals surface area contributed by atoms with E-state index in [0.717, 1.165) is 11.1 Å². The van der Waals surface area contributed by atoms with Gasteiger partial charge in [0, 0.05) is 25.6 Å². The van der Waals surface area contributed by atoms with Crippen molar-refractivity contribution in [2.24, 2.45) is 11.8 Å². The highest BCUT2D eigenvalue weighted by Gasteiger charge is 2.34. The van der Waals surface area contributed by atoms with E-state index in [9.17, 15) is 18.0 Å². The molecule has 7 nitrogen and oxygen atoms in total. The highest BCUT2D eigenvalue weighted by Crippen LogP contribution is 2.24. The monoisotopic (exact) mass is 471 g/mol. The number of sulfonamides is 1. The smallest absolute Gasteiger partial charge is 0.243 e. The van der Waals surface area contributed by atoms with Crippen LogP contribution in [0.3, 0.4) is 0 Å². The van der Waals surface area contributed by atoms with Crippen LogP contribution in [0.4, 0.5) is 0 Å². The summed E-state index contributed by atoms with van der Waals surface area (Å²) < 4.78 is 27.2. The number of carbonyl (C=O) groups excluding carboxylic acids is 2. The van der Waals surface area contributed by atoms with Crippen LogP contribution < -0.4 is 10.6 Å². The molecule has 0 saturated carbocycles. The van der Waals surface area contributed by atoms with Crippen LogP contribution in [0.2, 0.25) is 0 Å². The van der Waals surface area contributed by atoms with Crippen molar-refractivity contribution in [1.82, 2.24) is 14.9 Å². The lowest BCUT2D eigenvalue weighted by atomic mass is 9.95. The maximum Gasteiger partial charge on any atom is 0.243 e. The largest absolute Gasteiger partial charge is 0.350 e. The zero-order valence-corrected chi connectivity index (χ0v) is 20.3. The second kappa shape index (κ2) is 10.9. The molecule has 178 valence electrons. The third-order valence-electron chi connectivity index (χ3n) is 6.04. The molecule has 1 aliphatic rings. The Hall–Kier alpha value is -2.71. The van der Waals surface area contributed by atoms with Crippen LogP contribution >= 0.6 is 0 Å². The van der Waals surface area contributed by atoms with Crippen LogP contribution in [0.15, 0.2) is 59.5 Å². The molecular formula is C25H33N3O4S. The van der Waals surface area contributed by atoms with Crippen molar-refractivity contribution in [1.29, 1.82) is 0 Å². The summed E-state index contributed by atoms with van der Waals surface area (Å²) in [6, 6.07) is 15.8. The average molecular weight is 472 g/mol. The van der Waals surface area contributed by atoms with Gasteiger partial charge in [0.1, 0.15) is 6.04 Å². The molecule has 8 heteroatoms. The maximum atomic E-state index is 12.9. The van der Waals surface area contributed by atoms with Gasteiger partial charge in [-0.1, -0.05) is 61.9 Å². The van der Waals surface area contributed by atoms with Crippen molar-refractivity contribution in [3.05, 3.63) is 65.7 Å². The molecule has 1 saturated heterocycles. The number of nitrogens with zero attached hydrogens (tertiary/aromatic N) is 1. The third-order valence-corrected chi connectivity index (χ3v) is 7.95. The second-order valence-electron chi connectivity index (χ2n) is 8.93. The molecule has 0 bridgehead atoms. The molecule has 1 fully saturated rings. The van der Waals surface area contributed by atoms with E-state index >= 15 is 0 Å². The van der Waals surface area contributed by atoms with Gasteiger partial charge in [0.15, 0.2) is 0 Å². The van der Waals surface area contributed by atoms with Crippen molar-refractivity contribution in [3.63, 3.8) is 0 Å². The molecule has 1 unspecified atom stereocenters. The van der Waals surface area contributed by atoms with Crippen LogP contribution in [-0.4, -0.2) is 43.7 Å². The molecule has 0 spiro atoms. The lowest BCUT2D eigenvalue weighted by molar-refractivity contribution is -0.132. The Balaban J connectivity index is 1.55. The van der Waals surface area contributed by atoms with Crippen LogP contribution in [0.25, 0.3) is 0 Å². The SMILES string of the molecule is Cc1ccc(S(=O)(=O)N2CCC(C(=O)NC(C(=O)NCc3ccccc3)C(C)C)CC2)cc1. The van der Waals surface area contributed by atoms with Crippen LogP contribution in [0, 0.1) is 18.8 Å². The van der Waals surface area contributed by atoms with Gasteiger partial charge < -0.3 is 10.6 Å². The fraction of sp³-hybridized carbons (Fsp3) is 0.440. The number of benzene rings is 2. The van der Waals surface area contributed by atoms with Gasteiger partial charge in [0.05, 0.1) is 4.90 Å². The van der Waals surface area contributed by atoms with Gasteiger partial charge in [-0.25, -0.2) is 8.42 Å². The summed E-state index contributed by atoms with van der Waals surface area (Å²) >= 11 is 0. The van der Waals surface area contributed by atoms with Gasteiger partial charge in [0.2, 0.25) is 21.8 Å². The van der Waals surface area contributed by atoms with Gasteiger partial charge in [0.25, 0.3) is 0 Å². The van der Waals surface area contributed by atoms with Gasteiger partial charge in [-0.15, -0.1) is 0 Å². The molecule has 1 aliphatic heterocycles. The fourth-order valence-electron chi connectivity index (χ4n) is 3.92. The molecule has 2 N–H and O–H groups in total. The number of piperidine rings is 1. The molecule has 1 atom stereocenters. The third kappa shape index (κ3) is 6.42. The normalized spacial score (nSPS) is 16.4. The number of aryl methyl sites for hydroxylation is 1. The number of rotatable bonds is 8. The number of hydrogen-bond donors (Lipinski definition) is 2. The zero-order chi connectivity index (χ0) is 24.0. The zero-order valence-electron chi connectivity index (χ0n) is 19.5. The van der Waals surface area contributed by atoms with E-state index < -0.39 is 16.1 Å². The average Bonchev–Trinajstić information content (AvgIpc) is 2.81. The minimum absolute atomic E-state index is 0.0771. The Morgan fingerprint density at radius 2 is 1.61 bits per heavy atom. The fourth-order valence-corrected chi connectivity index (χ4v) is 5.39. The van der Waals surface area contributed by atoms with Crippen molar-refractivity contribution >= 4 is 21.8 Å². The first kappa shape index (κ1) is 24.9. The summed E-state index contributed by atoms with van der Waals surface area (Å²) in [5.74, 6) is -0.818. The molecule has 2 amide bonds. The van der Waals surface area contributed by atoms with Crippen LogP contribution in [-0.2, 0) is 26.2 Å². The Bertz CT molecular complexity index is 1040. The molecular weight excluding hydrogens is 438 g/mol. The minimum atomic E-state index is -3.57. The molecule has 0 aliphatic carbocycles. The number of nitrogens with one attached hydrogen (secondary N) is 2. The topological polar surface area (TPSA) is 95.6 Å². The standard InChI is InChI=1S/C25H33N3O4S/c1-18(2)23(25(30)26-17-20-7-5-4-6-8-20)27-24(29)21-13-15-28(16-14-21)33(31,32)22-11-9-19(3)10-12-22/h4-12,18,21,23H,13-17H2,1-3H3,(H,26,30)(H,27,29). The molecule has 3 rings (SSSR count). The molecule has 2 aromatic carbocycles. The lowest BCUT2D eigenvalue weighted by Gasteiger charge is -2.32. The summed E-state index contributed by atoms with van der Waals surface area (Å²) in [5, 5.41) is 5.79. The number of hydrogen-bond acceptors (Lipinski definition) is 4. The highest BCUT2D eigenvalue weighted by atomic mass is 32.2. The van der Waals surface area contributed by atoms with Gasteiger partial charge in [-0.2, -0.15) is 4.31 Å². The molecule has 0 aromatic heterocycles. The van der Waals surface area contributed by atoms with Crippen molar-refractivity contribution < 1.29 is 18.0 Å². The van der Waals surface area contributed by atoms with Crippen molar-refractivity contribution in [2.75, 3.05) is 13.1 Å². The van der Waals surface area contributed by atoms with Gasteiger partial charge in [-0.3, -0.25) is 9.59 Å². The van der Waals surface area contributed by atoms with E-state index in [1.54, 1.807) is 24.3 Å². The lowest BCUT2D eigenvalue weighted by Crippen LogP contribution is -2.52. The predicted octanol–water partition coefficient (Wildman–Crippen LogP) is 2.85. The Morgan fingerprint density at radius 3 is 2.18 bits per heavy atom. The van der Waals surface area contributed by atoms with Crippen LogP contribution in [0.1, 0.15) is 37.8 Å². The quantitative estimate of drug-likeness (QED) is 0.619. The summed E-state index contributed by atoms with van der Waals surface area (Å²) in [7, 11) is -3.57. The van der Waals surface area contributed by atoms with E-state index in [2.05, 4.69) is 10.6 Å². The Morgan fingerprint density at radius 1 is 1.00 bits per heavy atom. The summed E-state index contributed by atoms with van der Waals surface area (Å²) in [6.07, 6.45) is 0.848. The van der Waals surface area contributed by atoms with E-state index in [4.69, 9.17) is 0 Å². The molecule has 0 radical (unpaired) electrons. The van der Waals surface area contributed by atoms with E-state index in [0.29, 0.717) is 19.4 Å². The van der Waals surface area contributed by atoms with E-state index in [1.807, 2.05) is 51.1 Å². The molecule has 1 heterocycles. The first-order valence-electron chi connectivity index (χ1n) is 11.4. The highest BCUT2D eigenvalue weighted by molar-refractivity contribution is 7.89. The number of amides is 2. The van der Waals surface area contributed by atoms with Gasteiger partial charge in [-0.05, 0) is 43.4 Å². The Kier molecular flexibility index (Phi) is 8.26. The summed E-state index contributed by atoms with van der Waals surface area (Å²) in [4.78, 5) is 25.9. The second-order valence-corrected chi connectivity index (χ2v) is 10.9. The van der Waals surface area contributed by atoms with E-state index in [1.165, 1.54) is 4.31 Å². The first-order valence-corrected chi connectivity index (χ1v) is 12.8. The van der Waals surface area contributed by atoms with Crippen molar-refractivity contribution in [2.45, 2.75) is 51.1 Å². The van der Waals surface area contributed by atoms with Crippen molar-refractivity contribution in [3.8, 4) is 0 Å². The Labute approximate surface area is 196 Å². The predicted molar refractivity (Wildman–Crippen MR) is 128 cm³/mol. The summed E-state index contributed by atoms with van der Waals surface area (Å²) in [5.41, 5.74) is 1.98. The van der Waals surface area contributed by atoms with E-state index in [-0.39, 0.29) is 41.6 Å². The molecule has 33 heavy (non-hydrogen) atoms. The first-order chi connectivity index (χ1) is 15.7.